The smallest absolute Gasteiger partial charge is 0.306 e. The number of cyclic esters (lactones) is 1. The van der Waals surface area contributed by atoms with Crippen LogP contribution in [0.5, 0.6) is 0 Å². The highest BCUT2D eigenvalue weighted by Gasteiger charge is 2.73. The molecule has 0 aromatic heterocycles. The molecular weight excluding hydrogens is 598 g/mol. The van der Waals surface area contributed by atoms with Gasteiger partial charge >= 0.3 is 5.97 Å². The van der Waals surface area contributed by atoms with E-state index >= 15 is 0 Å². The molecule has 10 nitrogen and oxygen atoms in total. The summed E-state index contributed by atoms with van der Waals surface area (Å²) in [4.78, 5) is 58.8. The minimum Gasteiger partial charge on any atom is -0.463 e. The topological polar surface area (TPSA) is 125 Å². The van der Waals surface area contributed by atoms with Crippen LogP contribution in [0.1, 0.15) is 36.9 Å². The van der Waals surface area contributed by atoms with Crippen molar-refractivity contribution in [1.29, 1.82) is 0 Å². The molecule has 2 aromatic carbocycles. The molecule has 2 N–H and O–H groups in total. The number of fused-ring (bicyclic) bond motifs is 2. The van der Waals surface area contributed by atoms with Crippen LogP contribution in [0.2, 0.25) is 5.02 Å². The van der Waals surface area contributed by atoms with Gasteiger partial charge in [0.2, 0.25) is 11.8 Å². The van der Waals surface area contributed by atoms with Crippen LogP contribution >= 0.6 is 11.6 Å². The molecule has 2 aromatic rings. The number of ether oxygens (including phenoxy) is 2. The predicted molar refractivity (Wildman–Crippen MR) is 166 cm³/mol. The zero-order valence-corrected chi connectivity index (χ0v) is 25.9. The van der Waals surface area contributed by atoms with Crippen LogP contribution < -0.4 is 10.2 Å². The van der Waals surface area contributed by atoms with Crippen molar-refractivity contribution in [3.05, 3.63) is 89.0 Å². The van der Waals surface area contributed by atoms with Gasteiger partial charge < -0.3 is 29.7 Å². The first-order valence-electron chi connectivity index (χ1n) is 15.2. The van der Waals surface area contributed by atoms with Gasteiger partial charge in [-0.05, 0) is 37.5 Å². The van der Waals surface area contributed by atoms with Gasteiger partial charge in [0.05, 0.1) is 47.3 Å². The van der Waals surface area contributed by atoms with E-state index in [1.165, 1.54) is 9.80 Å². The highest BCUT2D eigenvalue weighted by atomic mass is 35.5. The number of amides is 3. The third kappa shape index (κ3) is 5.34. The fourth-order valence-electron chi connectivity index (χ4n) is 7.08. The average molecular weight is 634 g/mol. The molecule has 0 radical (unpaired) electrons. The number of carbonyl (C=O) groups is 4. The molecule has 2 fully saturated rings. The lowest BCUT2D eigenvalue weighted by molar-refractivity contribution is -0.146. The van der Waals surface area contributed by atoms with Crippen molar-refractivity contribution >= 4 is 41.0 Å². The molecule has 3 amide bonds. The van der Waals surface area contributed by atoms with E-state index in [2.05, 4.69) is 5.32 Å². The van der Waals surface area contributed by atoms with Crippen molar-refractivity contribution < 1.29 is 33.8 Å². The summed E-state index contributed by atoms with van der Waals surface area (Å²) in [6.45, 7) is 3.11. The van der Waals surface area contributed by atoms with Gasteiger partial charge in [0.15, 0.2) is 0 Å². The molecule has 0 saturated carbocycles. The second-order valence-corrected chi connectivity index (χ2v) is 12.4. The molecule has 11 heteroatoms. The van der Waals surface area contributed by atoms with Crippen LogP contribution in [0.3, 0.4) is 0 Å². The Morgan fingerprint density at radius 3 is 2.58 bits per heavy atom. The van der Waals surface area contributed by atoms with Gasteiger partial charge in [-0.1, -0.05) is 78.4 Å². The number of aliphatic hydroxyl groups excluding tert-OH is 1. The highest BCUT2D eigenvalue weighted by Crippen LogP contribution is 2.56. The Balaban J connectivity index is 1.46. The van der Waals surface area contributed by atoms with Gasteiger partial charge in [-0.2, -0.15) is 0 Å². The molecular formula is C34H36ClN3O7. The van der Waals surface area contributed by atoms with Crippen LogP contribution in [-0.4, -0.2) is 77.2 Å². The molecule has 1 spiro atoms. The summed E-state index contributed by atoms with van der Waals surface area (Å²) in [5.41, 5.74) is 0.518. The lowest BCUT2D eigenvalue weighted by atomic mass is 9.74. The van der Waals surface area contributed by atoms with Crippen LogP contribution in [-0.2, 0) is 28.7 Å². The fraction of sp³-hybridized carbons (Fsp3) is 0.412. The number of rotatable bonds is 4. The Morgan fingerprint density at radius 2 is 1.84 bits per heavy atom. The summed E-state index contributed by atoms with van der Waals surface area (Å²) in [7, 11) is 0. The molecule has 4 aliphatic rings. The number of benzene rings is 2. The van der Waals surface area contributed by atoms with E-state index in [1.54, 1.807) is 43.4 Å². The molecule has 4 heterocycles. The Morgan fingerprint density at radius 1 is 1.07 bits per heavy atom. The zero-order valence-electron chi connectivity index (χ0n) is 25.1. The quantitative estimate of drug-likeness (QED) is 0.391. The third-order valence-electron chi connectivity index (χ3n) is 9.21. The minimum atomic E-state index is -1.44. The third-order valence-corrected chi connectivity index (χ3v) is 9.52. The molecule has 5 bridgehead atoms. The van der Waals surface area contributed by atoms with Crippen molar-refractivity contribution in [3.8, 4) is 0 Å². The predicted octanol–water partition coefficient (Wildman–Crippen LogP) is 3.26. The molecule has 0 aliphatic carbocycles. The molecule has 2 saturated heterocycles. The average Bonchev–Trinajstić information content (AvgIpc) is 3.68. The maximum Gasteiger partial charge on any atom is 0.306 e. The number of hydrogen-bond donors (Lipinski definition) is 2. The molecule has 45 heavy (non-hydrogen) atoms. The first-order chi connectivity index (χ1) is 21.7. The van der Waals surface area contributed by atoms with E-state index in [1.807, 2.05) is 43.3 Å². The van der Waals surface area contributed by atoms with Crippen molar-refractivity contribution in [3.63, 3.8) is 0 Å². The van der Waals surface area contributed by atoms with E-state index in [0.717, 1.165) is 11.1 Å². The van der Waals surface area contributed by atoms with E-state index in [9.17, 15) is 24.3 Å². The number of allylic oxidation sites excluding steroid dienone is 1. The molecule has 7 atom stereocenters. The van der Waals surface area contributed by atoms with E-state index in [-0.39, 0.29) is 19.6 Å². The number of carbonyl (C=O) groups excluding carboxylic acids is 4. The summed E-state index contributed by atoms with van der Waals surface area (Å²) >= 11 is 6.68. The fourth-order valence-corrected chi connectivity index (χ4v) is 7.40. The van der Waals surface area contributed by atoms with E-state index in [4.69, 9.17) is 21.1 Å². The first-order valence-corrected chi connectivity index (χ1v) is 15.6. The number of aryl methyl sites for hydroxylation is 1. The monoisotopic (exact) mass is 633 g/mol. The molecule has 6 rings (SSSR count). The summed E-state index contributed by atoms with van der Waals surface area (Å²) in [5.74, 6) is -3.76. The van der Waals surface area contributed by atoms with Gasteiger partial charge in [0.1, 0.15) is 18.2 Å². The van der Waals surface area contributed by atoms with Crippen LogP contribution in [0.15, 0.2) is 72.8 Å². The zero-order chi connectivity index (χ0) is 31.9. The minimum absolute atomic E-state index is 0.0928. The number of hydrogen-bond acceptors (Lipinski definition) is 7. The SMILES string of the molecule is Cc1cccc(Cl)c1N1C/C=C\CCC(=O)OC[C@H](c2ccccc2)NC(=O)[C@@H]2[C@H]3C(=O)N([C@H](C)CO)[C@H](C1=O)[C@]31C=C[C@H]2O1. The van der Waals surface area contributed by atoms with Crippen LogP contribution in [0.25, 0.3) is 0 Å². The highest BCUT2D eigenvalue weighted by molar-refractivity contribution is 6.34. The maximum absolute atomic E-state index is 14.8. The number of aliphatic hydroxyl groups is 1. The van der Waals surface area contributed by atoms with Gasteiger partial charge in [0.25, 0.3) is 5.91 Å². The largest absolute Gasteiger partial charge is 0.463 e. The lowest BCUT2D eigenvalue weighted by Gasteiger charge is -2.38. The summed E-state index contributed by atoms with van der Waals surface area (Å²) in [6, 6.07) is 11.9. The Kier molecular flexibility index (Phi) is 8.56. The number of nitrogens with zero attached hydrogens (tertiary/aromatic N) is 2. The van der Waals surface area contributed by atoms with Crippen molar-refractivity contribution in [2.24, 2.45) is 11.8 Å². The summed E-state index contributed by atoms with van der Waals surface area (Å²) < 4.78 is 12.1. The van der Waals surface area contributed by atoms with E-state index in [0.29, 0.717) is 17.1 Å². The maximum atomic E-state index is 14.8. The Labute approximate surface area is 266 Å². The molecule has 4 aliphatic heterocycles. The van der Waals surface area contributed by atoms with E-state index < -0.39 is 72.0 Å². The summed E-state index contributed by atoms with van der Waals surface area (Å²) in [5, 5.41) is 13.6. The number of likely N-dealkylation sites (tertiary alicyclic amines) is 1. The number of nitrogens with one attached hydrogen (secondary N) is 1. The first kappa shape index (κ1) is 31.0. The second-order valence-electron chi connectivity index (χ2n) is 12.0. The second kappa shape index (κ2) is 12.4. The van der Waals surface area contributed by atoms with Crippen molar-refractivity contribution in [2.75, 3.05) is 24.7 Å². The molecule has 236 valence electrons. The van der Waals surface area contributed by atoms with Crippen LogP contribution in [0.4, 0.5) is 5.69 Å². The number of para-hydroxylation sites is 1. The standard InChI is InChI=1S/C34H36ClN3O7/c1-20-10-9-13-23(35)29(20)37-17-8-4-7-14-26(40)44-19-24(22-11-5-3-6-12-22)36-31(41)27-25-15-16-34(45-25)28(27)32(42)38(21(2)18-39)30(34)33(37)43/h3-6,8-13,15-16,21,24-25,27-28,30,39H,7,14,17-19H2,1-2H3,(H,36,41)/b8-4-/t21-,24-,25-,27+,28+,30-,34+/m1/s1. The number of anilines is 1. The Hall–Kier alpha value is -3.99. The number of esters is 1. The Bertz CT molecular complexity index is 1540. The lowest BCUT2D eigenvalue weighted by Crippen LogP contribution is -2.58. The normalized spacial score (nSPS) is 31.5. The van der Waals surface area contributed by atoms with Crippen molar-refractivity contribution in [1.82, 2.24) is 10.2 Å². The van der Waals surface area contributed by atoms with Gasteiger partial charge in [-0.3, -0.25) is 19.2 Å². The van der Waals surface area contributed by atoms with Gasteiger partial charge in [0, 0.05) is 13.0 Å². The van der Waals surface area contributed by atoms with Gasteiger partial charge in [-0.15, -0.1) is 0 Å². The van der Waals surface area contributed by atoms with Gasteiger partial charge in [-0.25, -0.2) is 0 Å². The van der Waals surface area contributed by atoms with Crippen LogP contribution in [0, 0.1) is 18.8 Å². The number of halogens is 1. The molecule has 0 unspecified atom stereocenters. The summed E-state index contributed by atoms with van der Waals surface area (Å²) in [6.07, 6.45) is 6.76. The van der Waals surface area contributed by atoms with Crippen molar-refractivity contribution in [2.45, 2.75) is 56.5 Å².